The number of esters is 3. The Kier molecular flexibility index (Phi) is 53.0. The van der Waals surface area contributed by atoms with Gasteiger partial charge in [0, 0.05) is 19.3 Å². The molecular formula is C60H116O6. The Hall–Kier alpha value is -1.59. The number of hydrogen-bond donors (Lipinski definition) is 0. The van der Waals surface area contributed by atoms with Crippen LogP contribution in [0.25, 0.3) is 0 Å². The zero-order chi connectivity index (χ0) is 48.1. The van der Waals surface area contributed by atoms with Crippen molar-refractivity contribution in [1.82, 2.24) is 0 Å². The van der Waals surface area contributed by atoms with E-state index in [-0.39, 0.29) is 31.1 Å². The van der Waals surface area contributed by atoms with Crippen LogP contribution >= 0.6 is 0 Å². The van der Waals surface area contributed by atoms with Crippen molar-refractivity contribution in [3.05, 3.63) is 0 Å². The lowest BCUT2D eigenvalue weighted by atomic mass is 10.0. The Morgan fingerprint density at radius 3 is 0.742 bits per heavy atom. The lowest BCUT2D eigenvalue weighted by Gasteiger charge is -2.18. The van der Waals surface area contributed by atoms with Gasteiger partial charge in [-0.15, -0.1) is 0 Å². The van der Waals surface area contributed by atoms with Crippen molar-refractivity contribution < 1.29 is 28.6 Å². The Labute approximate surface area is 412 Å². The smallest absolute Gasteiger partial charge is 0.306 e. The van der Waals surface area contributed by atoms with Crippen LogP contribution in [0.4, 0.5) is 0 Å². The molecule has 0 aromatic carbocycles. The molecule has 0 aliphatic rings. The van der Waals surface area contributed by atoms with Gasteiger partial charge in [-0.2, -0.15) is 0 Å². The fourth-order valence-electron chi connectivity index (χ4n) is 9.28. The number of hydrogen-bond acceptors (Lipinski definition) is 6. The molecule has 0 rings (SSSR count). The van der Waals surface area contributed by atoms with Crippen molar-refractivity contribution in [3.63, 3.8) is 0 Å². The molecule has 6 nitrogen and oxygen atoms in total. The SMILES string of the molecule is CCCCCCCCCCCCCCCCCCCCCC(=O)OC[C@H](COC(=O)CCCCCCCCCCCCCCCCCCC(C)C)OC(=O)CCCCCCCCCCCC. The van der Waals surface area contributed by atoms with E-state index in [9.17, 15) is 14.4 Å². The summed E-state index contributed by atoms with van der Waals surface area (Å²) in [7, 11) is 0. The molecule has 0 fully saturated rings. The molecule has 0 aliphatic heterocycles. The maximum absolute atomic E-state index is 12.8. The van der Waals surface area contributed by atoms with E-state index in [1.54, 1.807) is 0 Å². The Bertz CT molecular complexity index is 996. The van der Waals surface area contributed by atoms with E-state index >= 15 is 0 Å². The van der Waals surface area contributed by atoms with Gasteiger partial charge in [0.1, 0.15) is 13.2 Å². The zero-order valence-electron chi connectivity index (χ0n) is 45.2. The summed E-state index contributed by atoms with van der Waals surface area (Å²) < 4.78 is 16.9. The number of carbonyl (C=O) groups is 3. The highest BCUT2D eigenvalue weighted by molar-refractivity contribution is 5.71. The van der Waals surface area contributed by atoms with Crippen molar-refractivity contribution in [2.75, 3.05) is 13.2 Å². The fraction of sp³-hybridized carbons (Fsp3) is 0.950. The zero-order valence-corrected chi connectivity index (χ0v) is 45.2. The van der Waals surface area contributed by atoms with Gasteiger partial charge in [0.05, 0.1) is 0 Å². The molecule has 6 heteroatoms. The predicted molar refractivity (Wildman–Crippen MR) is 284 cm³/mol. The maximum atomic E-state index is 12.8. The summed E-state index contributed by atoms with van der Waals surface area (Å²) in [4.78, 5) is 38.1. The van der Waals surface area contributed by atoms with Crippen LogP contribution in [0.3, 0.4) is 0 Å². The van der Waals surface area contributed by atoms with Crippen molar-refractivity contribution in [2.45, 2.75) is 348 Å². The molecule has 1 atom stereocenters. The van der Waals surface area contributed by atoms with Gasteiger partial charge in [-0.3, -0.25) is 14.4 Å². The van der Waals surface area contributed by atoms with Gasteiger partial charge in [-0.1, -0.05) is 304 Å². The molecule has 0 saturated heterocycles. The van der Waals surface area contributed by atoms with Crippen LogP contribution in [0.5, 0.6) is 0 Å². The molecule has 392 valence electrons. The number of unbranched alkanes of at least 4 members (excludes halogenated alkanes) is 42. The molecular weight excluding hydrogens is 817 g/mol. The Morgan fingerprint density at radius 2 is 0.500 bits per heavy atom. The minimum absolute atomic E-state index is 0.0618. The topological polar surface area (TPSA) is 78.9 Å². The standard InChI is InChI=1S/C60H116O6/c1-5-7-9-11-13-15-17-18-19-20-21-22-26-29-32-36-39-43-47-51-58(61)64-54-57(66-60(63)53-49-45-41-35-16-14-12-10-8-6-2)55-65-59(62)52-48-44-40-37-33-30-27-24-23-25-28-31-34-38-42-46-50-56(3)4/h56-57H,5-55H2,1-4H3/t57-/m1/s1. The van der Waals surface area contributed by atoms with Gasteiger partial charge in [-0.25, -0.2) is 0 Å². The number of rotatable bonds is 55. The minimum atomic E-state index is -0.761. The van der Waals surface area contributed by atoms with E-state index in [2.05, 4.69) is 27.7 Å². The average molecular weight is 934 g/mol. The number of carbonyl (C=O) groups excluding carboxylic acids is 3. The van der Waals surface area contributed by atoms with Gasteiger partial charge in [0.2, 0.25) is 0 Å². The Morgan fingerprint density at radius 1 is 0.288 bits per heavy atom. The van der Waals surface area contributed by atoms with Crippen molar-refractivity contribution in [1.29, 1.82) is 0 Å². The van der Waals surface area contributed by atoms with Crippen LogP contribution in [0.15, 0.2) is 0 Å². The van der Waals surface area contributed by atoms with Crippen molar-refractivity contribution in [2.24, 2.45) is 5.92 Å². The van der Waals surface area contributed by atoms with Crippen molar-refractivity contribution >= 4 is 17.9 Å². The van der Waals surface area contributed by atoms with E-state index in [4.69, 9.17) is 14.2 Å². The summed E-state index contributed by atoms with van der Waals surface area (Å²) >= 11 is 0. The lowest BCUT2D eigenvalue weighted by molar-refractivity contribution is -0.167. The van der Waals surface area contributed by atoms with Crippen LogP contribution in [0, 0.1) is 5.92 Å². The molecule has 0 N–H and O–H groups in total. The van der Waals surface area contributed by atoms with Crippen LogP contribution in [-0.4, -0.2) is 37.2 Å². The quantitative estimate of drug-likeness (QED) is 0.0343. The van der Waals surface area contributed by atoms with Crippen LogP contribution in [0.1, 0.15) is 342 Å². The molecule has 0 heterocycles. The molecule has 0 aromatic rings. The molecule has 0 bridgehead atoms. The predicted octanol–water partition coefficient (Wildman–Crippen LogP) is 19.8. The molecule has 0 unspecified atom stereocenters. The largest absolute Gasteiger partial charge is 0.462 e. The maximum Gasteiger partial charge on any atom is 0.306 e. The monoisotopic (exact) mass is 933 g/mol. The number of ether oxygens (including phenoxy) is 3. The van der Waals surface area contributed by atoms with E-state index < -0.39 is 6.10 Å². The first kappa shape index (κ1) is 64.4. The van der Waals surface area contributed by atoms with Crippen LogP contribution in [-0.2, 0) is 28.6 Å². The summed E-state index contributed by atoms with van der Waals surface area (Å²) in [6.07, 6.45) is 59.6. The molecule has 0 aliphatic carbocycles. The highest BCUT2D eigenvalue weighted by Crippen LogP contribution is 2.18. The summed E-state index contributed by atoms with van der Waals surface area (Å²) in [6, 6.07) is 0. The van der Waals surface area contributed by atoms with Crippen LogP contribution < -0.4 is 0 Å². The lowest BCUT2D eigenvalue weighted by Crippen LogP contribution is -2.30. The molecule has 66 heavy (non-hydrogen) atoms. The average Bonchev–Trinajstić information content (AvgIpc) is 3.30. The second-order valence-corrected chi connectivity index (χ2v) is 21.1. The summed E-state index contributed by atoms with van der Waals surface area (Å²) in [5, 5.41) is 0. The van der Waals surface area contributed by atoms with E-state index in [0.717, 1.165) is 63.7 Å². The van der Waals surface area contributed by atoms with Gasteiger partial charge < -0.3 is 14.2 Å². The van der Waals surface area contributed by atoms with Gasteiger partial charge in [0.15, 0.2) is 6.10 Å². The van der Waals surface area contributed by atoms with E-state index in [0.29, 0.717) is 19.3 Å². The molecule has 0 aromatic heterocycles. The second kappa shape index (κ2) is 54.4. The summed E-state index contributed by atoms with van der Waals surface area (Å²) in [6.45, 7) is 9.07. The van der Waals surface area contributed by atoms with Gasteiger partial charge in [0.25, 0.3) is 0 Å². The van der Waals surface area contributed by atoms with Gasteiger partial charge in [-0.05, 0) is 25.2 Å². The Balaban J connectivity index is 4.18. The molecule has 0 spiro atoms. The second-order valence-electron chi connectivity index (χ2n) is 21.1. The summed E-state index contributed by atoms with van der Waals surface area (Å²) in [5.41, 5.74) is 0. The van der Waals surface area contributed by atoms with E-state index in [1.165, 1.54) is 238 Å². The van der Waals surface area contributed by atoms with Crippen LogP contribution in [0.2, 0.25) is 0 Å². The highest BCUT2D eigenvalue weighted by atomic mass is 16.6. The first-order valence-electron chi connectivity index (χ1n) is 29.9. The third kappa shape index (κ3) is 53.4. The highest BCUT2D eigenvalue weighted by Gasteiger charge is 2.19. The third-order valence-corrected chi connectivity index (χ3v) is 13.8. The van der Waals surface area contributed by atoms with Crippen molar-refractivity contribution in [3.8, 4) is 0 Å². The summed E-state index contributed by atoms with van der Waals surface area (Å²) in [5.74, 6) is 0.0173. The fourth-order valence-corrected chi connectivity index (χ4v) is 9.28. The molecule has 0 amide bonds. The van der Waals surface area contributed by atoms with E-state index in [1.807, 2.05) is 0 Å². The minimum Gasteiger partial charge on any atom is -0.462 e. The normalized spacial score (nSPS) is 12.0. The third-order valence-electron chi connectivity index (χ3n) is 13.8. The first-order valence-corrected chi connectivity index (χ1v) is 29.9. The first-order chi connectivity index (χ1) is 32.4. The van der Waals surface area contributed by atoms with Gasteiger partial charge >= 0.3 is 17.9 Å². The molecule has 0 saturated carbocycles. The molecule has 0 radical (unpaired) electrons.